The third-order valence-electron chi connectivity index (χ3n) is 4.22. The Hall–Kier alpha value is -1.36. The van der Waals surface area contributed by atoms with Crippen molar-refractivity contribution >= 4 is 11.0 Å². The van der Waals surface area contributed by atoms with Crippen LogP contribution in [0.4, 0.5) is 0 Å². The molecule has 1 aliphatic rings. The van der Waals surface area contributed by atoms with Crippen molar-refractivity contribution in [2.24, 2.45) is 0 Å². The fourth-order valence-electron chi connectivity index (χ4n) is 3.02. The van der Waals surface area contributed by atoms with Gasteiger partial charge in [-0.1, -0.05) is 18.2 Å². The van der Waals surface area contributed by atoms with Crippen molar-refractivity contribution in [3.05, 3.63) is 35.6 Å². The van der Waals surface area contributed by atoms with E-state index in [1.54, 1.807) is 0 Å². The predicted molar refractivity (Wildman–Crippen MR) is 84.3 cm³/mol. The zero-order valence-electron chi connectivity index (χ0n) is 13.1. The number of fused-ring (bicyclic) bond motifs is 1. The van der Waals surface area contributed by atoms with Crippen LogP contribution in [0, 0.1) is 0 Å². The molecule has 1 saturated heterocycles. The molecule has 0 bridgehead atoms. The van der Waals surface area contributed by atoms with Crippen molar-refractivity contribution in [1.82, 2.24) is 10.2 Å². The molecule has 2 atom stereocenters. The van der Waals surface area contributed by atoms with E-state index in [9.17, 15) is 0 Å². The fraction of sp³-hybridized carbons (Fsp3) is 0.529. The molecule has 4 heteroatoms. The first-order chi connectivity index (χ1) is 10.2. The quantitative estimate of drug-likeness (QED) is 0.939. The summed E-state index contributed by atoms with van der Waals surface area (Å²) in [6, 6.07) is 8.71. The van der Waals surface area contributed by atoms with E-state index in [-0.39, 0.29) is 0 Å². The molecule has 1 aromatic heterocycles. The van der Waals surface area contributed by atoms with Gasteiger partial charge in [-0.3, -0.25) is 4.90 Å². The fourth-order valence-corrected chi connectivity index (χ4v) is 3.02. The Morgan fingerprint density at radius 3 is 2.90 bits per heavy atom. The molecule has 1 N–H and O–H groups in total. The summed E-state index contributed by atoms with van der Waals surface area (Å²) in [6.07, 6.45) is 0.290. The molecule has 0 spiro atoms. The Labute approximate surface area is 126 Å². The van der Waals surface area contributed by atoms with Gasteiger partial charge < -0.3 is 14.5 Å². The van der Waals surface area contributed by atoms with Gasteiger partial charge in [0.2, 0.25) is 0 Å². The topological polar surface area (TPSA) is 37.6 Å². The van der Waals surface area contributed by atoms with Gasteiger partial charge in [-0.25, -0.2) is 0 Å². The Bertz CT molecular complexity index is 608. The smallest absolute Gasteiger partial charge is 0.134 e. The van der Waals surface area contributed by atoms with Crippen molar-refractivity contribution in [3.63, 3.8) is 0 Å². The van der Waals surface area contributed by atoms with E-state index < -0.39 is 0 Å². The SMILES string of the molecule is CNCc1c(CN2CC(C)OCC2C)oc2ccccc12. The van der Waals surface area contributed by atoms with Crippen LogP contribution in [0.5, 0.6) is 0 Å². The monoisotopic (exact) mass is 288 g/mol. The third kappa shape index (κ3) is 2.98. The first-order valence-electron chi connectivity index (χ1n) is 7.68. The average molecular weight is 288 g/mol. The lowest BCUT2D eigenvalue weighted by Crippen LogP contribution is -2.46. The Morgan fingerprint density at radius 1 is 1.29 bits per heavy atom. The highest BCUT2D eigenvalue weighted by molar-refractivity contribution is 5.82. The molecular weight excluding hydrogens is 264 g/mol. The summed E-state index contributed by atoms with van der Waals surface area (Å²) in [5, 5.41) is 4.48. The van der Waals surface area contributed by atoms with Crippen molar-refractivity contribution < 1.29 is 9.15 Å². The summed E-state index contributed by atoms with van der Waals surface area (Å²) < 4.78 is 11.8. The lowest BCUT2D eigenvalue weighted by atomic mass is 10.1. The van der Waals surface area contributed by atoms with Gasteiger partial charge in [0, 0.05) is 30.1 Å². The van der Waals surface area contributed by atoms with E-state index in [1.807, 2.05) is 19.2 Å². The second kappa shape index (κ2) is 6.18. The highest BCUT2D eigenvalue weighted by atomic mass is 16.5. The van der Waals surface area contributed by atoms with Crippen molar-refractivity contribution in [2.45, 2.75) is 39.1 Å². The van der Waals surface area contributed by atoms with E-state index in [1.165, 1.54) is 10.9 Å². The van der Waals surface area contributed by atoms with Crippen LogP contribution in [0.1, 0.15) is 25.2 Å². The maximum Gasteiger partial charge on any atom is 0.134 e. The van der Waals surface area contributed by atoms with Gasteiger partial charge in [-0.15, -0.1) is 0 Å². The Balaban J connectivity index is 1.90. The number of nitrogens with zero attached hydrogens (tertiary/aromatic N) is 1. The number of hydrogen-bond donors (Lipinski definition) is 1. The third-order valence-corrected chi connectivity index (χ3v) is 4.22. The van der Waals surface area contributed by atoms with Crippen molar-refractivity contribution in [1.29, 1.82) is 0 Å². The van der Waals surface area contributed by atoms with Gasteiger partial charge in [-0.2, -0.15) is 0 Å². The van der Waals surface area contributed by atoms with E-state index in [0.717, 1.165) is 37.6 Å². The van der Waals surface area contributed by atoms with Crippen LogP contribution in [-0.2, 0) is 17.8 Å². The summed E-state index contributed by atoms with van der Waals surface area (Å²) in [6.45, 7) is 7.78. The van der Waals surface area contributed by atoms with Gasteiger partial charge in [0.25, 0.3) is 0 Å². The standard InChI is InChI=1S/C17H24N2O2/c1-12-11-20-13(2)9-19(12)10-17-15(8-18-3)14-6-4-5-7-16(14)21-17/h4-7,12-13,18H,8-11H2,1-3H3. The van der Waals surface area contributed by atoms with Crippen LogP contribution in [-0.4, -0.2) is 37.2 Å². The number of morpholine rings is 1. The lowest BCUT2D eigenvalue weighted by molar-refractivity contribution is -0.0545. The molecule has 4 nitrogen and oxygen atoms in total. The zero-order valence-corrected chi connectivity index (χ0v) is 13.1. The largest absolute Gasteiger partial charge is 0.459 e. The molecule has 1 aliphatic heterocycles. The zero-order chi connectivity index (χ0) is 14.8. The molecule has 2 unspecified atom stereocenters. The molecular formula is C17H24N2O2. The molecule has 21 heavy (non-hydrogen) atoms. The summed E-state index contributed by atoms with van der Waals surface area (Å²) >= 11 is 0. The number of hydrogen-bond acceptors (Lipinski definition) is 4. The van der Waals surface area contributed by atoms with E-state index >= 15 is 0 Å². The van der Waals surface area contributed by atoms with Gasteiger partial charge in [0.15, 0.2) is 0 Å². The molecule has 0 amide bonds. The minimum Gasteiger partial charge on any atom is -0.459 e. The summed E-state index contributed by atoms with van der Waals surface area (Å²) in [4.78, 5) is 2.45. The second-order valence-corrected chi connectivity index (χ2v) is 5.95. The van der Waals surface area contributed by atoms with E-state index in [4.69, 9.17) is 9.15 Å². The number of furan rings is 1. The summed E-state index contributed by atoms with van der Waals surface area (Å²) in [5.74, 6) is 1.08. The number of para-hydroxylation sites is 1. The molecule has 1 aromatic carbocycles. The van der Waals surface area contributed by atoms with Crippen LogP contribution in [0.2, 0.25) is 0 Å². The highest BCUT2D eigenvalue weighted by Crippen LogP contribution is 2.28. The van der Waals surface area contributed by atoms with E-state index in [2.05, 4.69) is 36.2 Å². The van der Waals surface area contributed by atoms with Crippen LogP contribution in [0.3, 0.4) is 0 Å². The average Bonchev–Trinajstić information content (AvgIpc) is 2.81. The van der Waals surface area contributed by atoms with Gasteiger partial charge in [0.1, 0.15) is 11.3 Å². The Morgan fingerprint density at radius 2 is 2.10 bits per heavy atom. The Kier molecular flexibility index (Phi) is 4.29. The van der Waals surface area contributed by atoms with Crippen molar-refractivity contribution in [2.75, 3.05) is 20.2 Å². The van der Waals surface area contributed by atoms with Crippen LogP contribution < -0.4 is 5.32 Å². The summed E-state index contributed by atoms with van der Waals surface area (Å²) in [5.41, 5.74) is 2.26. The van der Waals surface area contributed by atoms with E-state index in [0.29, 0.717) is 12.1 Å². The van der Waals surface area contributed by atoms with Gasteiger partial charge >= 0.3 is 0 Å². The lowest BCUT2D eigenvalue weighted by Gasteiger charge is -2.36. The van der Waals surface area contributed by atoms with Crippen molar-refractivity contribution in [3.8, 4) is 0 Å². The number of rotatable bonds is 4. The highest BCUT2D eigenvalue weighted by Gasteiger charge is 2.25. The first-order valence-corrected chi connectivity index (χ1v) is 7.68. The molecule has 2 heterocycles. The minimum atomic E-state index is 0.290. The predicted octanol–water partition coefficient (Wildman–Crippen LogP) is 2.76. The number of benzene rings is 1. The van der Waals surface area contributed by atoms with Crippen LogP contribution >= 0.6 is 0 Å². The minimum absolute atomic E-state index is 0.290. The van der Waals surface area contributed by atoms with Crippen LogP contribution in [0.15, 0.2) is 28.7 Å². The van der Waals surface area contributed by atoms with Crippen LogP contribution in [0.25, 0.3) is 11.0 Å². The normalized spacial score (nSPS) is 23.8. The molecule has 0 saturated carbocycles. The molecule has 0 aliphatic carbocycles. The van der Waals surface area contributed by atoms with Gasteiger partial charge in [-0.05, 0) is 27.0 Å². The molecule has 0 radical (unpaired) electrons. The number of ether oxygens (including phenoxy) is 1. The molecule has 114 valence electrons. The molecule has 2 aromatic rings. The molecule has 3 rings (SSSR count). The first kappa shape index (κ1) is 14.6. The summed E-state index contributed by atoms with van der Waals surface area (Å²) in [7, 11) is 1.98. The maximum absolute atomic E-state index is 6.12. The van der Waals surface area contributed by atoms with Gasteiger partial charge in [0.05, 0.1) is 19.3 Å². The number of nitrogens with one attached hydrogen (secondary N) is 1. The molecule has 1 fully saturated rings. The second-order valence-electron chi connectivity index (χ2n) is 5.95. The maximum atomic E-state index is 6.12.